The van der Waals surface area contributed by atoms with Gasteiger partial charge in [-0.05, 0) is 24.1 Å². The van der Waals surface area contributed by atoms with E-state index in [0.29, 0.717) is 6.54 Å². The first-order chi connectivity index (χ1) is 8.63. The molecule has 1 rings (SSSR count). The highest BCUT2D eigenvalue weighted by molar-refractivity contribution is 5.81. The van der Waals surface area contributed by atoms with Crippen molar-refractivity contribution in [3.63, 3.8) is 0 Å². The topological polar surface area (TPSA) is 71.5 Å². The molecule has 0 spiro atoms. The van der Waals surface area contributed by atoms with Crippen molar-refractivity contribution in [2.24, 2.45) is 0 Å². The van der Waals surface area contributed by atoms with E-state index >= 15 is 0 Å². The highest BCUT2D eigenvalue weighted by Crippen LogP contribution is 1.98. The van der Waals surface area contributed by atoms with Crippen molar-refractivity contribution >= 4 is 12.0 Å². The van der Waals surface area contributed by atoms with E-state index in [1.54, 1.807) is 24.3 Å². The number of methoxy groups -OCH3 is 1. The molecule has 0 aliphatic heterocycles. The van der Waals surface area contributed by atoms with Crippen molar-refractivity contribution in [2.75, 3.05) is 27.2 Å². The molecule has 18 heavy (non-hydrogen) atoms. The number of carbonyl (C=O) groups is 2. The number of hydrogen-bond acceptors (Lipinski definition) is 4. The highest BCUT2D eigenvalue weighted by atomic mass is 16.5. The van der Waals surface area contributed by atoms with Crippen molar-refractivity contribution in [3.05, 3.63) is 30.1 Å². The molecular formula is C12H17N3O3. The zero-order valence-corrected chi connectivity index (χ0v) is 10.5. The minimum absolute atomic E-state index is 0.0560. The number of amides is 2. The molecule has 0 bridgehead atoms. The molecule has 1 heterocycles. The van der Waals surface area contributed by atoms with Crippen LogP contribution in [0.15, 0.2) is 24.5 Å². The first-order valence-corrected chi connectivity index (χ1v) is 5.58. The predicted octanol–water partition coefficient (Wildman–Crippen LogP) is 0.438. The van der Waals surface area contributed by atoms with Crippen molar-refractivity contribution in [1.82, 2.24) is 15.2 Å². The Morgan fingerprint density at radius 2 is 2.06 bits per heavy atom. The maximum atomic E-state index is 11.6. The SMILES string of the molecule is COC(=O)NCC(=O)N(C)CCc1ccncc1. The second-order valence-electron chi connectivity index (χ2n) is 3.77. The summed E-state index contributed by atoms with van der Waals surface area (Å²) in [7, 11) is 2.95. The Labute approximate surface area is 106 Å². The Morgan fingerprint density at radius 1 is 1.39 bits per heavy atom. The summed E-state index contributed by atoms with van der Waals surface area (Å²) in [6, 6.07) is 3.82. The van der Waals surface area contributed by atoms with E-state index in [9.17, 15) is 9.59 Å². The van der Waals surface area contributed by atoms with Crippen LogP contribution in [0.3, 0.4) is 0 Å². The summed E-state index contributed by atoms with van der Waals surface area (Å²) in [6.07, 6.45) is 3.58. The van der Waals surface area contributed by atoms with Crippen LogP contribution in [0.25, 0.3) is 0 Å². The molecule has 0 atom stereocenters. The van der Waals surface area contributed by atoms with Crippen molar-refractivity contribution in [2.45, 2.75) is 6.42 Å². The van der Waals surface area contributed by atoms with Crippen LogP contribution < -0.4 is 5.32 Å². The van der Waals surface area contributed by atoms with Gasteiger partial charge in [-0.1, -0.05) is 0 Å². The summed E-state index contributed by atoms with van der Waals surface area (Å²) in [5.41, 5.74) is 1.12. The standard InChI is InChI=1S/C12H17N3O3/c1-15(11(16)9-14-12(17)18-2)8-5-10-3-6-13-7-4-10/h3-4,6-7H,5,8-9H2,1-2H3,(H,14,17). The lowest BCUT2D eigenvalue weighted by Crippen LogP contribution is -2.38. The number of hydrogen-bond donors (Lipinski definition) is 1. The van der Waals surface area contributed by atoms with E-state index in [0.717, 1.165) is 12.0 Å². The zero-order chi connectivity index (χ0) is 13.4. The lowest BCUT2D eigenvalue weighted by Gasteiger charge is -2.17. The van der Waals surface area contributed by atoms with E-state index in [1.807, 2.05) is 12.1 Å². The lowest BCUT2D eigenvalue weighted by atomic mass is 10.2. The number of carbonyl (C=O) groups excluding carboxylic acids is 2. The Bertz CT molecular complexity index is 395. The fourth-order valence-electron chi connectivity index (χ4n) is 1.33. The number of nitrogens with one attached hydrogen (secondary N) is 1. The van der Waals surface area contributed by atoms with Gasteiger partial charge in [0, 0.05) is 26.0 Å². The molecule has 2 amide bonds. The van der Waals surface area contributed by atoms with Crippen LogP contribution in [0.5, 0.6) is 0 Å². The number of aromatic nitrogens is 1. The Morgan fingerprint density at radius 3 is 2.67 bits per heavy atom. The molecule has 6 heteroatoms. The summed E-state index contributed by atoms with van der Waals surface area (Å²) in [5, 5.41) is 2.35. The van der Waals surface area contributed by atoms with Gasteiger partial charge < -0.3 is 15.0 Å². The molecule has 0 aliphatic rings. The number of pyridine rings is 1. The van der Waals surface area contributed by atoms with Gasteiger partial charge in [0.2, 0.25) is 5.91 Å². The smallest absolute Gasteiger partial charge is 0.407 e. The predicted molar refractivity (Wildman–Crippen MR) is 66.0 cm³/mol. The molecule has 1 N–H and O–H groups in total. The van der Waals surface area contributed by atoms with E-state index in [1.165, 1.54) is 7.11 Å². The fraction of sp³-hybridized carbons (Fsp3) is 0.417. The summed E-state index contributed by atoms with van der Waals surface area (Å²) < 4.78 is 4.38. The minimum atomic E-state index is -0.606. The summed E-state index contributed by atoms with van der Waals surface area (Å²) >= 11 is 0. The fourth-order valence-corrected chi connectivity index (χ4v) is 1.33. The molecule has 0 saturated heterocycles. The Hall–Kier alpha value is -2.11. The Balaban J connectivity index is 2.30. The molecule has 0 radical (unpaired) electrons. The number of likely N-dealkylation sites (N-methyl/N-ethyl adjacent to an activating group) is 1. The molecule has 0 aliphatic carbocycles. The van der Waals surface area contributed by atoms with Crippen molar-refractivity contribution < 1.29 is 14.3 Å². The minimum Gasteiger partial charge on any atom is -0.453 e. The molecule has 1 aromatic heterocycles. The van der Waals surface area contributed by atoms with Gasteiger partial charge in [0.05, 0.1) is 7.11 Å². The van der Waals surface area contributed by atoms with Crippen LogP contribution in [0.1, 0.15) is 5.56 Å². The molecule has 1 aromatic rings. The van der Waals surface area contributed by atoms with E-state index < -0.39 is 6.09 Å². The van der Waals surface area contributed by atoms with E-state index in [-0.39, 0.29) is 12.5 Å². The normalized spacial score (nSPS) is 9.67. The van der Waals surface area contributed by atoms with Gasteiger partial charge in [0.25, 0.3) is 0 Å². The average molecular weight is 251 g/mol. The van der Waals surface area contributed by atoms with Crippen LogP contribution in [0, 0.1) is 0 Å². The third-order valence-corrected chi connectivity index (χ3v) is 2.48. The average Bonchev–Trinajstić information content (AvgIpc) is 2.42. The second kappa shape index (κ2) is 7.26. The monoisotopic (exact) mass is 251 g/mol. The summed E-state index contributed by atoms with van der Waals surface area (Å²) in [6.45, 7) is 0.533. The first-order valence-electron chi connectivity index (χ1n) is 5.58. The van der Waals surface area contributed by atoms with Gasteiger partial charge in [0.15, 0.2) is 0 Å². The maximum absolute atomic E-state index is 11.6. The van der Waals surface area contributed by atoms with Crippen molar-refractivity contribution in [1.29, 1.82) is 0 Å². The molecule has 6 nitrogen and oxygen atoms in total. The van der Waals surface area contributed by atoms with Gasteiger partial charge >= 0.3 is 6.09 Å². The van der Waals surface area contributed by atoms with Crippen LogP contribution in [0.4, 0.5) is 4.79 Å². The molecule has 0 saturated carbocycles. The molecule has 98 valence electrons. The van der Waals surface area contributed by atoms with Gasteiger partial charge in [-0.3, -0.25) is 9.78 Å². The van der Waals surface area contributed by atoms with E-state index in [4.69, 9.17) is 0 Å². The van der Waals surface area contributed by atoms with E-state index in [2.05, 4.69) is 15.0 Å². The third-order valence-electron chi connectivity index (χ3n) is 2.48. The van der Waals surface area contributed by atoms with Crippen molar-refractivity contribution in [3.8, 4) is 0 Å². The number of ether oxygens (including phenoxy) is 1. The van der Waals surface area contributed by atoms with Gasteiger partial charge in [-0.25, -0.2) is 4.79 Å². The van der Waals surface area contributed by atoms with Gasteiger partial charge in [-0.15, -0.1) is 0 Å². The van der Waals surface area contributed by atoms with Crippen LogP contribution in [0.2, 0.25) is 0 Å². The molecule has 0 fully saturated rings. The summed E-state index contributed by atoms with van der Waals surface area (Å²) in [5.74, 6) is -0.158. The molecule has 0 unspecified atom stereocenters. The first kappa shape index (κ1) is 14.0. The van der Waals surface area contributed by atoms with Gasteiger partial charge in [0.1, 0.15) is 6.54 Å². The lowest BCUT2D eigenvalue weighted by molar-refractivity contribution is -0.128. The van der Waals surface area contributed by atoms with Gasteiger partial charge in [-0.2, -0.15) is 0 Å². The number of rotatable bonds is 5. The third kappa shape index (κ3) is 4.82. The second-order valence-corrected chi connectivity index (χ2v) is 3.77. The zero-order valence-electron chi connectivity index (χ0n) is 10.5. The Kier molecular flexibility index (Phi) is 5.63. The van der Waals surface area contributed by atoms with Crippen LogP contribution >= 0.6 is 0 Å². The highest BCUT2D eigenvalue weighted by Gasteiger charge is 2.10. The largest absolute Gasteiger partial charge is 0.453 e. The quantitative estimate of drug-likeness (QED) is 0.824. The van der Waals surface area contributed by atoms with Crippen LogP contribution in [-0.2, 0) is 16.0 Å². The molecular weight excluding hydrogens is 234 g/mol. The molecule has 0 aromatic carbocycles. The number of alkyl carbamates (subject to hydrolysis) is 1. The number of nitrogens with zero attached hydrogens (tertiary/aromatic N) is 2. The maximum Gasteiger partial charge on any atom is 0.407 e. The van der Waals surface area contributed by atoms with Crippen LogP contribution in [-0.4, -0.2) is 49.1 Å². The summed E-state index contributed by atoms with van der Waals surface area (Å²) in [4.78, 5) is 27.9.